The van der Waals surface area contributed by atoms with Crippen molar-refractivity contribution in [2.75, 3.05) is 24.3 Å². The van der Waals surface area contributed by atoms with Gasteiger partial charge in [0, 0.05) is 26.0 Å². The van der Waals surface area contributed by atoms with Gasteiger partial charge in [0.05, 0.1) is 16.1 Å². The van der Waals surface area contributed by atoms with E-state index in [0.29, 0.717) is 15.6 Å². The lowest BCUT2D eigenvalue weighted by Gasteiger charge is -2.20. The zero-order chi connectivity index (χ0) is 20.8. The molecule has 1 N–H and O–H groups in total. The van der Waals surface area contributed by atoms with Gasteiger partial charge in [0.2, 0.25) is 0 Å². The molecule has 0 aliphatic rings. The monoisotopic (exact) mass is 427 g/mol. The third kappa shape index (κ3) is 5.40. The first-order valence-corrected chi connectivity index (χ1v) is 9.81. The highest BCUT2D eigenvalue weighted by molar-refractivity contribution is 7.12. The van der Waals surface area contributed by atoms with E-state index in [-0.39, 0.29) is 5.82 Å². The summed E-state index contributed by atoms with van der Waals surface area (Å²) in [6.45, 7) is 0. The van der Waals surface area contributed by atoms with Crippen molar-refractivity contribution in [2.45, 2.75) is 0 Å². The summed E-state index contributed by atoms with van der Waals surface area (Å²) < 4.78 is 0. The van der Waals surface area contributed by atoms with E-state index < -0.39 is 11.9 Å². The van der Waals surface area contributed by atoms with Crippen LogP contribution < -0.4 is 10.2 Å². The summed E-state index contributed by atoms with van der Waals surface area (Å²) in [5.74, 6) is -0.290. The van der Waals surface area contributed by atoms with E-state index in [4.69, 9.17) is 11.6 Å². The van der Waals surface area contributed by atoms with Crippen LogP contribution in [0, 0.1) is 0 Å². The van der Waals surface area contributed by atoms with Crippen LogP contribution >= 0.6 is 22.9 Å². The van der Waals surface area contributed by atoms with Crippen molar-refractivity contribution in [3.8, 4) is 0 Å². The van der Waals surface area contributed by atoms with Gasteiger partial charge >= 0.3 is 6.03 Å². The van der Waals surface area contributed by atoms with Crippen molar-refractivity contribution >= 4 is 52.6 Å². The second-order valence-corrected chi connectivity index (χ2v) is 7.48. The van der Waals surface area contributed by atoms with Gasteiger partial charge in [0.25, 0.3) is 5.91 Å². The van der Waals surface area contributed by atoms with Gasteiger partial charge in [-0.05, 0) is 41.3 Å². The number of nitrogens with zero attached hydrogens (tertiary/aromatic N) is 4. The Kier molecular flexibility index (Phi) is 6.58. The fraction of sp³-hybridized carbons (Fsp3) is 0.100. The number of halogens is 1. The number of hydrogen-bond donors (Lipinski definition) is 1. The Hall–Kier alpha value is -3.23. The van der Waals surface area contributed by atoms with Crippen molar-refractivity contribution in [3.63, 3.8) is 0 Å². The molecule has 0 unspecified atom stereocenters. The fourth-order valence-electron chi connectivity index (χ4n) is 2.33. The second-order valence-electron chi connectivity index (χ2n) is 6.10. The number of carbonyl (C=O) groups excluding carboxylic acids is 2. The van der Waals surface area contributed by atoms with Gasteiger partial charge in [-0.15, -0.1) is 11.3 Å². The molecule has 0 radical (unpaired) electrons. The van der Waals surface area contributed by atoms with E-state index in [1.165, 1.54) is 23.6 Å². The zero-order valence-corrected chi connectivity index (χ0v) is 17.3. The molecule has 148 valence electrons. The Morgan fingerprint density at radius 3 is 2.48 bits per heavy atom. The maximum Gasteiger partial charge on any atom is 0.334 e. The summed E-state index contributed by atoms with van der Waals surface area (Å²) in [6, 6.07) is 13.0. The van der Waals surface area contributed by atoms with Crippen molar-refractivity contribution in [1.29, 1.82) is 0 Å². The van der Waals surface area contributed by atoms with Gasteiger partial charge in [-0.3, -0.25) is 4.79 Å². The maximum absolute atomic E-state index is 12.9. The molecule has 0 bridgehead atoms. The van der Waals surface area contributed by atoms with Gasteiger partial charge < -0.3 is 10.3 Å². The number of carbonyl (C=O) groups is 2. The highest BCUT2D eigenvalue weighted by Gasteiger charge is 2.26. The highest BCUT2D eigenvalue weighted by Crippen LogP contribution is 2.21. The number of anilines is 2. The number of imide groups is 1. The molecule has 3 rings (SSSR count). The predicted octanol–water partition coefficient (Wildman–Crippen LogP) is 4.57. The first-order valence-electron chi connectivity index (χ1n) is 8.56. The van der Waals surface area contributed by atoms with Crippen LogP contribution in [0.4, 0.5) is 16.3 Å². The summed E-state index contributed by atoms with van der Waals surface area (Å²) in [5.41, 5.74) is 1.41. The molecule has 29 heavy (non-hydrogen) atoms. The van der Waals surface area contributed by atoms with E-state index in [2.05, 4.69) is 15.4 Å². The molecule has 2 heterocycles. The van der Waals surface area contributed by atoms with Gasteiger partial charge in [-0.25, -0.2) is 14.7 Å². The summed E-state index contributed by atoms with van der Waals surface area (Å²) in [6.07, 6.45) is 3.09. The topological polar surface area (TPSA) is 77.9 Å². The quantitative estimate of drug-likeness (QED) is 0.478. The van der Waals surface area contributed by atoms with Crippen molar-refractivity contribution < 1.29 is 9.59 Å². The lowest BCUT2D eigenvalue weighted by molar-refractivity contribution is 0.0999. The zero-order valence-electron chi connectivity index (χ0n) is 15.7. The molecule has 9 heteroatoms. The molecule has 0 saturated heterocycles. The highest BCUT2D eigenvalue weighted by atomic mass is 35.5. The third-order valence-electron chi connectivity index (χ3n) is 3.68. The summed E-state index contributed by atoms with van der Waals surface area (Å²) in [5, 5.41) is 10.8. The minimum Gasteiger partial charge on any atom is -0.307 e. The molecule has 1 aromatic carbocycles. The number of benzene rings is 1. The third-order valence-corrected chi connectivity index (χ3v) is 4.76. The molecule has 3 aromatic rings. The molecule has 7 nitrogen and oxygen atoms in total. The predicted molar refractivity (Wildman–Crippen MR) is 117 cm³/mol. The smallest absolute Gasteiger partial charge is 0.307 e. The number of hydrogen-bond acceptors (Lipinski definition) is 6. The van der Waals surface area contributed by atoms with E-state index in [1.807, 2.05) is 26.2 Å². The van der Waals surface area contributed by atoms with Crippen molar-refractivity contribution in [3.05, 3.63) is 75.6 Å². The first kappa shape index (κ1) is 20.5. The second kappa shape index (κ2) is 9.31. The fourth-order valence-corrected chi connectivity index (χ4v) is 3.09. The lowest BCUT2D eigenvalue weighted by Crippen LogP contribution is -2.40. The number of urea groups is 1. The average Bonchev–Trinajstić information content (AvgIpc) is 3.24. The van der Waals surface area contributed by atoms with Crippen LogP contribution in [-0.4, -0.2) is 42.2 Å². The van der Waals surface area contributed by atoms with Crippen LogP contribution in [-0.2, 0) is 0 Å². The number of hydrazone groups is 1. The van der Waals surface area contributed by atoms with Crippen LogP contribution in [0.15, 0.2) is 65.2 Å². The summed E-state index contributed by atoms with van der Waals surface area (Å²) in [7, 11) is 3.66. The molecular weight excluding hydrogens is 410 g/mol. The van der Waals surface area contributed by atoms with Gasteiger partial charge in [-0.2, -0.15) is 5.10 Å². The SMILES string of the molecule is CN(C)N=Cc1ccc(NC(=O)N(C(=O)c2cccs2)c2ccc(Cl)cn2)cc1. The van der Waals surface area contributed by atoms with E-state index in [1.54, 1.807) is 46.9 Å². The molecule has 0 spiro atoms. The van der Waals surface area contributed by atoms with Crippen LogP contribution in [0.1, 0.15) is 15.2 Å². The molecule has 0 saturated carbocycles. The number of nitrogens with one attached hydrogen (secondary N) is 1. The number of amides is 3. The number of pyridine rings is 1. The van der Waals surface area contributed by atoms with Crippen LogP contribution in [0.25, 0.3) is 0 Å². The minimum atomic E-state index is -0.618. The van der Waals surface area contributed by atoms with Crippen LogP contribution in [0.3, 0.4) is 0 Å². The Morgan fingerprint density at radius 1 is 1.14 bits per heavy atom. The number of aromatic nitrogens is 1. The molecular formula is C20H18ClN5O2S. The Balaban J connectivity index is 1.83. The van der Waals surface area contributed by atoms with Gasteiger partial charge in [-0.1, -0.05) is 29.8 Å². The van der Waals surface area contributed by atoms with Gasteiger partial charge in [0.15, 0.2) is 0 Å². The maximum atomic E-state index is 12.9. The minimum absolute atomic E-state index is 0.181. The molecule has 0 aliphatic heterocycles. The first-order chi connectivity index (χ1) is 13.9. The molecule has 0 fully saturated rings. The Morgan fingerprint density at radius 2 is 1.90 bits per heavy atom. The number of rotatable bonds is 5. The molecule has 3 amide bonds. The molecule has 0 atom stereocenters. The number of thiophene rings is 1. The standard InChI is InChI=1S/C20H18ClN5O2S/c1-25(2)23-12-14-5-8-16(9-6-14)24-20(28)26(18-10-7-15(21)13-22-18)19(27)17-4-3-11-29-17/h3-13H,1-2H3,(H,24,28). The van der Waals surface area contributed by atoms with Crippen molar-refractivity contribution in [1.82, 2.24) is 9.99 Å². The van der Waals surface area contributed by atoms with Gasteiger partial charge in [0.1, 0.15) is 5.82 Å². The van der Waals surface area contributed by atoms with E-state index in [9.17, 15) is 9.59 Å². The molecule has 0 aliphatic carbocycles. The molecule has 2 aromatic heterocycles. The van der Waals surface area contributed by atoms with Crippen molar-refractivity contribution in [2.24, 2.45) is 5.10 Å². The normalized spacial score (nSPS) is 10.7. The Labute approximate surface area is 177 Å². The van der Waals surface area contributed by atoms with E-state index in [0.717, 1.165) is 10.5 Å². The van der Waals surface area contributed by atoms with Crippen LogP contribution in [0.2, 0.25) is 5.02 Å². The summed E-state index contributed by atoms with van der Waals surface area (Å²) >= 11 is 7.13. The van der Waals surface area contributed by atoms with E-state index >= 15 is 0 Å². The summed E-state index contributed by atoms with van der Waals surface area (Å²) in [4.78, 5) is 31.4. The Bertz CT molecular complexity index is 1000. The lowest BCUT2D eigenvalue weighted by atomic mass is 10.2. The largest absolute Gasteiger partial charge is 0.334 e. The average molecular weight is 428 g/mol. The van der Waals surface area contributed by atoms with Crippen LogP contribution in [0.5, 0.6) is 0 Å².